The largest absolute Gasteiger partial charge is 0.497 e. The van der Waals surface area contributed by atoms with Crippen LogP contribution in [0.2, 0.25) is 0 Å². The van der Waals surface area contributed by atoms with Crippen molar-refractivity contribution in [3.63, 3.8) is 0 Å². The van der Waals surface area contributed by atoms with Crippen LogP contribution in [-0.2, 0) is 17.7 Å². The SMILES string of the molecule is COCCn1c(Cc2ccc(OC)cc2)nc2ccccc21. The lowest BCUT2D eigenvalue weighted by Crippen LogP contribution is -2.08. The van der Waals surface area contributed by atoms with Crippen molar-refractivity contribution in [3.05, 3.63) is 59.9 Å². The van der Waals surface area contributed by atoms with Crippen LogP contribution >= 0.6 is 0 Å². The molecule has 0 saturated heterocycles. The zero-order valence-corrected chi connectivity index (χ0v) is 13.0. The average molecular weight is 296 g/mol. The second kappa shape index (κ2) is 6.62. The molecule has 0 aliphatic heterocycles. The van der Waals surface area contributed by atoms with Crippen LogP contribution in [0.1, 0.15) is 11.4 Å². The molecule has 3 aromatic rings. The van der Waals surface area contributed by atoms with Gasteiger partial charge in [-0.2, -0.15) is 0 Å². The summed E-state index contributed by atoms with van der Waals surface area (Å²) in [5, 5.41) is 0. The molecular weight excluding hydrogens is 276 g/mol. The Kier molecular flexibility index (Phi) is 4.39. The number of aromatic nitrogens is 2. The Morgan fingerprint density at radius 1 is 1.00 bits per heavy atom. The first-order valence-electron chi connectivity index (χ1n) is 7.38. The van der Waals surface area contributed by atoms with Crippen LogP contribution in [0.5, 0.6) is 5.75 Å². The monoisotopic (exact) mass is 296 g/mol. The molecule has 114 valence electrons. The minimum absolute atomic E-state index is 0.677. The third-order valence-electron chi connectivity index (χ3n) is 3.77. The van der Waals surface area contributed by atoms with E-state index in [-0.39, 0.29) is 0 Å². The molecule has 0 amide bonds. The van der Waals surface area contributed by atoms with Crippen LogP contribution < -0.4 is 4.74 Å². The lowest BCUT2D eigenvalue weighted by atomic mass is 10.1. The van der Waals surface area contributed by atoms with Crippen LogP contribution in [0, 0.1) is 0 Å². The molecule has 0 unspecified atom stereocenters. The first-order valence-corrected chi connectivity index (χ1v) is 7.38. The molecule has 3 rings (SSSR count). The van der Waals surface area contributed by atoms with E-state index in [0.717, 1.165) is 35.6 Å². The van der Waals surface area contributed by atoms with Gasteiger partial charge in [-0.3, -0.25) is 0 Å². The van der Waals surface area contributed by atoms with E-state index in [4.69, 9.17) is 14.5 Å². The van der Waals surface area contributed by atoms with Crippen LogP contribution in [0.3, 0.4) is 0 Å². The smallest absolute Gasteiger partial charge is 0.118 e. The van der Waals surface area contributed by atoms with Gasteiger partial charge in [-0.1, -0.05) is 24.3 Å². The summed E-state index contributed by atoms with van der Waals surface area (Å²) < 4.78 is 12.7. The van der Waals surface area contributed by atoms with E-state index in [9.17, 15) is 0 Å². The quantitative estimate of drug-likeness (QED) is 0.700. The first kappa shape index (κ1) is 14.6. The summed E-state index contributed by atoms with van der Waals surface area (Å²) in [6, 6.07) is 16.4. The maximum Gasteiger partial charge on any atom is 0.118 e. The average Bonchev–Trinajstić information content (AvgIpc) is 2.91. The summed E-state index contributed by atoms with van der Waals surface area (Å²) in [4.78, 5) is 4.78. The Labute approximate surface area is 130 Å². The second-order valence-corrected chi connectivity index (χ2v) is 5.19. The molecule has 0 saturated carbocycles. The Balaban J connectivity index is 1.93. The van der Waals surface area contributed by atoms with Gasteiger partial charge in [0, 0.05) is 20.1 Å². The maximum absolute atomic E-state index is 5.23. The Morgan fingerprint density at radius 2 is 1.77 bits per heavy atom. The van der Waals surface area contributed by atoms with Crippen molar-refractivity contribution in [3.8, 4) is 5.75 Å². The Hall–Kier alpha value is -2.33. The molecule has 4 heteroatoms. The van der Waals surface area contributed by atoms with Gasteiger partial charge in [0.25, 0.3) is 0 Å². The van der Waals surface area contributed by atoms with Gasteiger partial charge in [0.1, 0.15) is 11.6 Å². The topological polar surface area (TPSA) is 36.3 Å². The van der Waals surface area contributed by atoms with Crippen molar-refractivity contribution in [2.24, 2.45) is 0 Å². The fourth-order valence-corrected chi connectivity index (χ4v) is 2.62. The van der Waals surface area contributed by atoms with Crippen LogP contribution in [-0.4, -0.2) is 30.4 Å². The van der Waals surface area contributed by atoms with E-state index in [1.54, 1.807) is 14.2 Å². The van der Waals surface area contributed by atoms with Gasteiger partial charge in [-0.05, 0) is 29.8 Å². The predicted octanol–water partition coefficient (Wildman–Crippen LogP) is 3.28. The molecule has 0 aliphatic carbocycles. The van der Waals surface area contributed by atoms with E-state index < -0.39 is 0 Å². The molecule has 0 N–H and O–H groups in total. The van der Waals surface area contributed by atoms with Crippen molar-refractivity contribution in [1.82, 2.24) is 9.55 Å². The highest BCUT2D eigenvalue weighted by Crippen LogP contribution is 2.20. The zero-order valence-electron chi connectivity index (χ0n) is 13.0. The van der Waals surface area contributed by atoms with Crippen LogP contribution in [0.15, 0.2) is 48.5 Å². The summed E-state index contributed by atoms with van der Waals surface area (Å²) in [6.07, 6.45) is 0.794. The van der Waals surface area contributed by atoms with Gasteiger partial charge in [0.05, 0.1) is 24.8 Å². The lowest BCUT2D eigenvalue weighted by Gasteiger charge is -2.09. The van der Waals surface area contributed by atoms with Gasteiger partial charge in [0.2, 0.25) is 0 Å². The maximum atomic E-state index is 5.23. The number of benzene rings is 2. The fourth-order valence-electron chi connectivity index (χ4n) is 2.62. The summed E-state index contributed by atoms with van der Waals surface area (Å²) in [7, 11) is 3.40. The first-order chi connectivity index (χ1) is 10.8. The van der Waals surface area contributed by atoms with Crippen molar-refractivity contribution in [1.29, 1.82) is 0 Å². The number of imidazole rings is 1. The van der Waals surface area contributed by atoms with E-state index in [2.05, 4.69) is 28.8 Å². The number of para-hydroxylation sites is 2. The van der Waals surface area contributed by atoms with Crippen LogP contribution in [0.4, 0.5) is 0 Å². The normalized spacial score (nSPS) is 11.0. The molecule has 0 radical (unpaired) electrons. The zero-order chi connectivity index (χ0) is 15.4. The van der Waals surface area contributed by atoms with E-state index >= 15 is 0 Å². The predicted molar refractivity (Wildman–Crippen MR) is 87.4 cm³/mol. The molecule has 0 atom stereocenters. The highest BCUT2D eigenvalue weighted by Gasteiger charge is 2.10. The highest BCUT2D eigenvalue weighted by molar-refractivity contribution is 5.76. The van der Waals surface area contributed by atoms with Gasteiger partial charge in [-0.25, -0.2) is 4.98 Å². The molecule has 0 bridgehead atoms. The second-order valence-electron chi connectivity index (χ2n) is 5.19. The molecule has 0 aliphatic rings. The van der Waals surface area contributed by atoms with Crippen molar-refractivity contribution in [2.75, 3.05) is 20.8 Å². The van der Waals surface area contributed by atoms with E-state index in [1.807, 2.05) is 24.3 Å². The standard InChI is InChI=1S/C18H20N2O2/c1-21-12-11-20-17-6-4-3-5-16(17)19-18(20)13-14-7-9-15(22-2)10-8-14/h3-10H,11-13H2,1-2H3. The van der Waals surface area contributed by atoms with Crippen molar-refractivity contribution >= 4 is 11.0 Å². The van der Waals surface area contributed by atoms with Crippen molar-refractivity contribution in [2.45, 2.75) is 13.0 Å². The lowest BCUT2D eigenvalue weighted by molar-refractivity contribution is 0.187. The molecule has 1 aromatic heterocycles. The minimum atomic E-state index is 0.677. The van der Waals surface area contributed by atoms with Gasteiger partial charge < -0.3 is 14.0 Å². The van der Waals surface area contributed by atoms with Gasteiger partial charge in [0.15, 0.2) is 0 Å². The number of hydrogen-bond donors (Lipinski definition) is 0. The van der Waals surface area contributed by atoms with Gasteiger partial charge in [-0.15, -0.1) is 0 Å². The molecule has 4 nitrogen and oxygen atoms in total. The number of fused-ring (bicyclic) bond motifs is 1. The molecule has 0 spiro atoms. The van der Waals surface area contributed by atoms with Crippen LogP contribution in [0.25, 0.3) is 11.0 Å². The third-order valence-corrected chi connectivity index (χ3v) is 3.77. The van der Waals surface area contributed by atoms with Crippen molar-refractivity contribution < 1.29 is 9.47 Å². The Morgan fingerprint density at radius 3 is 2.50 bits per heavy atom. The van der Waals surface area contributed by atoms with E-state index in [0.29, 0.717) is 6.61 Å². The highest BCUT2D eigenvalue weighted by atomic mass is 16.5. The number of rotatable bonds is 6. The summed E-state index contributed by atoms with van der Waals surface area (Å²) in [6.45, 7) is 1.48. The van der Waals surface area contributed by atoms with E-state index in [1.165, 1.54) is 5.56 Å². The molecule has 1 heterocycles. The summed E-state index contributed by atoms with van der Waals surface area (Å²) >= 11 is 0. The number of nitrogens with zero attached hydrogens (tertiary/aromatic N) is 2. The molecule has 22 heavy (non-hydrogen) atoms. The Bertz CT molecular complexity index is 747. The number of methoxy groups -OCH3 is 2. The number of hydrogen-bond acceptors (Lipinski definition) is 3. The summed E-state index contributed by atoms with van der Waals surface area (Å²) in [5.41, 5.74) is 3.40. The van der Waals surface area contributed by atoms with Gasteiger partial charge >= 0.3 is 0 Å². The molecule has 2 aromatic carbocycles. The summed E-state index contributed by atoms with van der Waals surface area (Å²) in [5.74, 6) is 1.93. The minimum Gasteiger partial charge on any atom is -0.497 e. The third kappa shape index (κ3) is 2.97. The molecule has 0 fully saturated rings. The molecular formula is C18H20N2O2. The number of ether oxygens (including phenoxy) is 2. The fraction of sp³-hybridized carbons (Fsp3) is 0.278.